The molecule has 1 aromatic heterocycles. The zero-order valence-corrected chi connectivity index (χ0v) is 10.2. The van der Waals surface area contributed by atoms with Crippen LogP contribution < -0.4 is 5.56 Å². The zero-order chi connectivity index (χ0) is 13.3. The van der Waals surface area contributed by atoms with E-state index in [1.807, 2.05) is 0 Å². The number of rotatable bonds is 2. The molecule has 92 valence electrons. The third kappa shape index (κ3) is 2.12. The minimum absolute atomic E-state index is 0.331. The first-order valence-corrected chi connectivity index (χ1v) is 5.45. The molecule has 18 heavy (non-hydrogen) atoms. The van der Waals surface area contributed by atoms with E-state index in [2.05, 4.69) is 5.10 Å². The normalized spacial score (nSPS) is 10.3. The van der Waals surface area contributed by atoms with Gasteiger partial charge in [-0.2, -0.15) is 5.10 Å². The molecule has 1 N–H and O–H groups in total. The Morgan fingerprint density at radius 2 is 2.06 bits per heavy atom. The Morgan fingerprint density at radius 3 is 2.67 bits per heavy atom. The molecule has 1 heterocycles. The summed E-state index contributed by atoms with van der Waals surface area (Å²) in [5.74, 6) is -1.29. The van der Waals surface area contributed by atoms with Gasteiger partial charge in [0.25, 0.3) is 5.56 Å². The molecule has 6 heteroatoms. The van der Waals surface area contributed by atoms with Gasteiger partial charge >= 0.3 is 5.97 Å². The number of aromatic nitrogens is 2. The first kappa shape index (κ1) is 12.3. The van der Waals surface area contributed by atoms with E-state index in [1.54, 1.807) is 24.3 Å². The number of carboxylic acids is 1. The molecule has 0 aliphatic heterocycles. The highest BCUT2D eigenvalue weighted by molar-refractivity contribution is 6.33. The fraction of sp³-hybridized carbons (Fsp3) is 0.0833. The molecule has 0 fully saturated rings. The molecule has 0 unspecified atom stereocenters. The second kappa shape index (κ2) is 4.62. The molecule has 0 bridgehead atoms. The smallest absolute Gasteiger partial charge is 0.341 e. The zero-order valence-electron chi connectivity index (χ0n) is 9.42. The average Bonchev–Trinajstić information content (AvgIpc) is 2.33. The highest BCUT2D eigenvalue weighted by Crippen LogP contribution is 2.25. The van der Waals surface area contributed by atoms with Crippen LogP contribution in [0, 0.1) is 0 Å². The molecule has 0 spiro atoms. The van der Waals surface area contributed by atoms with Gasteiger partial charge in [0.15, 0.2) is 0 Å². The molecule has 0 aliphatic carbocycles. The van der Waals surface area contributed by atoms with Gasteiger partial charge in [-0.15, -0.1) is 0 Å². The van der Waals surface area contributed by atoms with E-state index in [0.29, 0.717) is 16.3 Å². The number of hydrogen-bond acceptors (Lipinski definition) is 3. The second-order valence-corrected chi connectivity index (χ2v) is 4.06. The quantitative estimate of drug-likeness (QED) is 0.898. The molecule has 5 nitrogen and oxygen atoms in total. The highest BCUT2D eigenvalue weighted by atomic mass is 35.5. The van der Waals surface area contributed by atoms with E-state index >= 15 is 0 Å². The standard InChI is InChI=1S/C12H9ClN2O3/c1-15-11(16)8(12(17)18)6-10(14-15)7-4-2-3-5-9(7)13/h2-6H,1H3,(H,17,18). The van der Waals surface area contributed by atoms with Crippen LogP contribution in [0.3, 0.4) is 0 Å². The lowest BCUT2D eigenvalue weighted by atomic mass is 10.1. The van der Waals surface area contributed by atoms with Gasteiger partial charge in [0.1, 0.15) is 5.56 Å². The number of nitrogens with zero attached hydrogens (tertiary/aromatic N) is 2. The van der Waals surface area contributed by atoms with E-state index < -0.39 is 11.5 Å². The number of carboxylic acid groups (broad SMARTS) is 1. The van der Waals surface area contributed by atoms with Crippen molar-refractivity contribution in [2.45, 2.75) is 0 Å². The van der Waals surface area contributed by atoms with Crippen molar-refractivity contribution in [1.82, 2.24) is 9.78 Å². The molecule has 0 saturated carbocycles. The number of benzene rings is 1. The van der Waals surface area contributed by atoms with Crippen molar-refractivity contribution in [2.24, 2.45) is 7.05 Å². The molecule has 2 aromatic rings. The van der Waals surface area contributed by atoms with Gasteiger partial charge in [0.05, 0.1) is 10.7 Å². The molecule has 0 aliphatic rings. The van der Waals surface area contributed by atoms with Crippen molar-refractivity contribution in [3.63, 3.8) is 0 Å². The number of carbonyl (C=O) groups is 1. The number of halogens is 1. The Balaban J connectivity index is 2.71. The van der Waals surface area contributed by atoms with E-state index in [9.17, 15) is 9.59 Å². The first-order chi connectivity index (χ1) is 8.50. The molecule has 2 rings (SSSR count). The summed E-state index contributed by atoms with van der Waals surface area (Å²) in [4.78, 5) is 22.5. The largest absolute Gasteiger partial charge is 0.477 e. The van der Waals surface area contributed by atoms with E-state index in [0.717, 1.165) is 4.68 Å². The fourth-order valence-corrected chi connectivity index (χ4v) is 1.79. The van der Waals surface area contributed by atoms with Crippen LogP contribution in [0.2, 0.25) is 5.02 Å². The maximum atomic E-state index is 11.6. The average molecular weight is 265 g/mol. The van der Waals surface area contributed by atoms with Gasteiger partial charge in [-0.3, -0.25) is 4.79 Å². The van der Waals surface area contributed by atoms with Gasteiger partial charge in [-0.05, 0) is 12.1 Å². The van der Waals surface area contributed by atoms with Crippen LogP contribution in [0.1, 0.15) is 10.4 Å². The van der Waals surface area contributed by atoms with Crippen molar-refractivity contribution in [2.75, 3.05) is 0 Å². The van der Waals surface area contributed by atoms with Crippen LogP contribution in [0.4, 0.5) is 0 Å². The number of aryl methyl sites for hydroxylation is 1. The van der Waals surface area contributed by atoms with Crippen molar-refractivity contribution in [1.29, 1.82) is 0 Å². The van der Waals surface area contributed by atoms with Gasteiger partial charge in [0.2, 0.25) is 0 Å². The topological polar surface area (TPSA) is 72.2 Å². The summed E-state index contributed by atoms with van der Waals surface area (Å²) in [7, 11) is 1.40. The third-order valence-corrected chi connectivity index (χ3v) is 2.77. The maximum Gasteiger partial charge on any atom is 0.341 e. The van der Waals surface area contributed by atoms with Gasteiger partial charge in [0, 0.05) is 12.6 Å². The summed E-state index contributed by atoms with van der Waals surface area (Å²) >= 11 is 6.01. The number of hydrogen-bond donors (Lipinski definition) is 1. The minimum atomic E-state index is -1.29. The van der Waals surface area contributed by atoms with E-state index in [1.165, 1.54) is 13.1 Å². The van der Waals surface area contributed by atoms with Crippen LogP contribution in [-0.2, 0) is 7.05 Å². The summed E-state index contributed by atoms with van der Waals surface area (Å²) < 4.78 is 0.988. The Kier molecular flexibility index (Phi) is 3.16. The predicted octanol–water partition coefficient (Wildman–Crippen LogP) is 1.80. The summed E-state index contributed by atoms with van der Waals surface area (Å²) in [6.45, 7) is 0. The lowest BCUT2D eigenvalue weighted by Crippen LogP contribution is -2.26. The molecule has 1 aromatic carbocycles. The molecule has 0 radical (unpaired) electrons. The van der Waals surface area contributed by atoms with Crippen LogP contribution in [-0.4, -0.2) is 20.9 Å². The summed E-state index contributed by atoms with van der Waals surface area (Å²) in [5.41, 5.74) is -0.0573. The maximum absolute atomic E-state index is 11.6. The minimum Gasteiger partial charge on any atom is -0.477 e. The van der Waals surface area contributed by atoms with Crippen LogP contribution in [0.25, 0.3) is 11.3 Å². The number of aromatic carboxylic acids is 1. The van der Waals surface area contributed by atoms with Crippen molar-refractivity contribution >= 4 is 17.6 Å². The second-order valence-electron chi connectivity index (χ2n) is 3.66. The molecule has 0 atom stereocenters. The lowest BCUT2D eigenvalue weighted by molar-refractivity contribution is 0.0694. The Labute approximate surface area is 107 Å². The van der Waals surface area contributed by atoms with Crippen molar-refractivity contribution in [3.05, 3.63) is 51.3 Å². The third-order valence-electron chi connectivity index (χ3n) is 2.44. The van der Waals surface area contributed by atoms with Crippen LogP contribution >= 0.6 is 11.6 Å². The highest BCUT2D eigenvalue weighted by Gasteiger charge is 2.14. The van der Waals surface area contributed by atoms with Gasteiger partial charge in [-0.1, -0.05) is 29.8 Å². The fourth-order valence-electron chi connectivity index (χ4n) is 1.56. The van der Waals surface area contributed by atoms with E-state index in [4.69, 9.17) is 16.7 Å². The van der Waals surface area contributed by atoms with Crippen molar-refractivity contribution in [3.8, 4) is 11.3 Å². The van der Waals surface area contributed by atoms with Crippen molar-refractivity contribution < 1.29 is 9.90 Å². The predicted molar refractivity (Wildman–Crippen MR) is 66.9 cm³/mol. The Morgan fingerprint density at radius 1 is 1.39 bits per heavy atom. The Bertz CT molecular complexity index is 679. The van der Waals surface area contributed by atoms with Crippen LogP contribution in [0.15, 0.2) is 35.1 Å². The summed E-state index contributed by atoms with van der Waals surface area (Å²) in [5, 5.41) is 13.4. The first-order valence-electron chi connectivity index (χ1n) is 5.07. The molecular weight excluding hydrogens is 256 g/mol. The Hall–Kier alpha value is -2.14. The van der Waals surface area contributed by atoms with Crippen LogP contribution in [0.5, 0.6) is 0 Å². The van der Waals surface area contributed by atoms with Gasteiger partial charge in [-0.25, -0.2) is 9.48 Å². The SMILES string of the molecule is Cn1nc(-c2ccccc2Cl)cc(C(=O)O)c1=O. The lowest BCUT2D eigenvalue weighted by Gasteiger charge is -2.06. The summed E-state index contributed by atoms with van der Waals surface area (Å²) in [6, 6.07) is 8.12. The van der Waals surface area contributed by atoms with E-state index in [-0.39, 0.29) is 5.56 Å². The van der Waals surface area contributed by atoms with Gasteiger partial charge < -0.3 is 5.11 Å². The molecule has 0 saturated heterocycles. The molecular formula is C12H9ClN2O3. The molecule has 0 amide bonds. The summed E-state index contributed by atoms with van der Waals surface area (Å²) in [6.07, 6.45) is 0. The monoisotopic (exact) mass is 264 g/mol.